The Morgan fingerprint density at radius 1 is 1.31 bits per heavy atom. The van der Waals surface area contributed by atoms with Crippen molar-refractivity contribution in [2.75, 3.05) is 12.0 Å². The number of para-hydroxylation sites is 1. The van der Waals surface area contributed by atoms with Crippen molar-refractivity contribution in [3.8, 4) is 5.69 Å². The van der Waals surface area contributed by atoms with Crippen LogP contribution in [0.2, 0.25) is 0 Å². The zero-order valence-electron chi connectivity index (χ0n) is 15.4. The van der Waals surface area contributed by atoms with Crippen molar-refractivity contribution in [2.45, 2.75) is 33.2 Å². The summed E-state index contributed by atoms with van der Waals surface area (Å²) in [6.07, 6.45) is 2.67. The Balaban J connectivity index is 2.61. The predicted molar refractivity (Wildman–Crippen MR) is 102 cm³/mol. The molecule has 1 aromatic carbocycles. The van der Waals surface area contributed by atoms with Crippen LogP contribution in [-0.2, 0) is 11.2 Å². The Labute approximate surface area is 157 Å². The SMILES string of the molecule is CSCCc1nc([C@H](NC(C)=O)C(C)C)n(-c2ccccc2C(=O)O)n1. The standard InChI is InChI=1S/C18H24N4O3S/c1-11(2)16(19-12(3)23)17-20-15(9-10-26-4)21-22(17)14-8-6-5-7-13(14)18(24)25/h5-8,11,16H,9-10H2,1-4H3,(H,19,23)(H,24,25)/t16-/m1/s1. The second-order valence-corrected chi connectivity index (χ2v) is 7.27. The van der Waals surface area contributed by atoms with Gasteiger partial charge in [0.1, 0.15) is 0 Å². The average Bonchev–Trinajstić information content (AvgIpc) is 3.01. The van der Waals surface area contributed by atoms with Gasteiger partial charge in [-0.3, -0.25) is 4.79 Å². The van der Waals surface area contributed by atoms with Gasteiger partial charge in [0.05, 0.1) is 17.3 Å². The quantitative estimate of drug-likeness (QED) is 0.735. The number of rotatable bonds is 8. The summed E-state index contributed by atoms with van der Waals surface area (Å²) in [7, 11) is 0. The minimum atomic E-state index is -1.03. The van der Waals surface area contributed by atoms with E-state index in [0.29, 0.717) is 23.8 Å². The third kappa shape index (κ3) is 4.63. The van der Waals surface area contributed by atoms with Crippen molar-refractivity contribution >= 4 is 23.6 Å². The van der Waals surface area contributed by atoms with E-state index in [-0.39, 0.29) is 23.4 Å². The first-order chi connectivity index (χ1) is 12.3. The molecule has 1 atom stereocenters. The number of hydrogen-bond donors (Lipinski definition) is 2. The molecule has 0 spiro atoms. The van der Waals surface area contributed by atoms with E-state index in [1.165, 1.54) is 13.0 Å². The fraction of sp³-hybridized carbons (Fsp3) is 0.444. The second kappa shape index (κ2) is 8.84. The molecule has 0 bridgehead atoms. The Morgan fingerprint density at radius 2 is 2.00 bits per heavy atom. The van der Waals surface area contributed by atoms with Crippen LogP contribution in [0.1, 0.15) is 48.8 Å². The molecule has 8 heteroatoms. The number of carbonyl (C=O) groups excluding carboxylic acids is 1. The Kier molecular flexibility index (Phi) is 6.79. The topological polar surface area (TPSA) is 97.1 Å². The number of carbonyl (C=O) groups is 2. The highest BCUT2D eigenvalue weighted by molar-refractivity contribution is 7.98. The van der Waals surface area contributed by atoms with Crippen LogP contribution in [0, 0.1) is 5.92 Å². The molecule has 2 rings (SSSR count). The van der Waals surface area contributed by atoms with Gasteiger partial charge in [-0.1, -0.05) is 26.0 Å². The lowest BCUT2D eigenvalue weighted by Gasteiger charge is -2.21. The van der Waals surface area contributed by atoms with Crippen LogP contribution < -0.4 is 5.32 Å². The molecule has 7 nitrogen and oxygen atoms in total. The lowest BCUT2D eigenvalue weighted by molar-refractivity contribution is -0.120. The predicted octanol–water partition coefficient (Wildman–Crippen LogP) is 2.70. The van der Waals surface area contributed by atoms with Gasteiger partial charge in [-0.2, -0.15) is 16.9 Å². The van der Waals surface area contributed by atoms with Gasteiger partial charge in [-0.05, 0) is 24.3 Å². The molecule has 1 amide bonds. The third-order valence-electron chi connectivity index (χ3n) is 3.87. The van der Waals surface area contributed by atoms with Gasteiger partial charge in [-0.25, -0.2) is 14.5 Å². The summed E-state index contributed by atoms with van der Waals surface area (Å²) in [6, 6.07) is 6.30. The number of carboxylic acid groups (broad SMARTS) is 1. The maximum absolute atomic E-state index is 11.7. The van der Waals surface area contributed by atoms with Crippen LogP contribution in [0.5, 0.6) is 0 Å². The maximum atomic E-state index is 11.7. The zero-order chi connectivity index (χ0) is 19.3. The van der Waals surface area contributed by atoms with Gasteiger partial charge < -0.3 is 10.4 Å². The summed E-state index contributed by atoms with van der Waals surface area (Å²) in [6.45, 7) is 5.41. The number of carboxylic acids is 1. The van der Waals surface area contributed by atoms with Gasteiger partial charge in [0.2, 0.25) is 5.91 Å². The number of nitrogens with one attached hydrogen (secondary N) is 1. The van der Waals surface area contributed by atoms with Crippen molar-refractivity contribution in [2.24, 2.45) is 5.92 Å². The molecule has 2 N–H and O–H groups in total. The highest BCUT2D eigenvalue weighted by Crippen LogP contribution is 2.25. The summed E-state index contributed by atoms with van der Waals surface area (Å²) in [4.78, 5) is 27.9. The first kappa shape index (κ1) is 20.0. The molecule has 0 aliphatic rings. The molecule has 140 valence electrons. The number of benzene rings is 1. The third-order valence-corrected chi connectivity index (χ3v) is 4.48. The summed E-state index contributed by atoms with van der Waals surface area (Å²) >= 11 is 1.69. The van der Waals surface area contributed by atoms with Crippen LogP contribution in [0.4, 0.5) is 0 Å². The van der Waals surface area contributed by atoms with Crippen LogP contribution in [0.15, 0.2) is 24.3 Å². The Hall–Kier alpha value is -2.35. The maximum Gasteiger partial charge on any atom is 0.337 e. The zero-order valence-corrected chi connectivity index (χ0v) is 16.2. The molecule has 0 fully saturated rings. The van der Waals surface area contributed by atoms with Crippen LogP contribution in [0.3, 0.4) is 0 Å². The largest absolute Gasteiger partial charge is 0.478 e. The molecular weight excluding hydrogens is 352 g/mol. The van der Waals surface area contributed by atoms with Gasteiger partial charge >= 0.3 is 5.97 Å². The van der Waals surface area contributed by atoms with Gasteiger partial charge in [-0.15, -0.1) is 0 Å². The molecule has 2 aromatic rings. The van der Waals surface area contributed by atoms with Gasteiger partial charge in [0.25, 0.3) is 0 Å². The van der Waals surface area contributed by atoms with Gasteiger partial charge in [0.15, 0.2) is 11.6 Å². The van der Waals surface area contributed by atoms with E-state index >= 15 is 0 Å². The molecule has 0 unspecified atom stereocenters. The number of hydrogen-bond acceptors (Lipinski definition) is 5. The van der Waals surface area contributed by atoms with Gasteiger partial charge in [0, 0.05) is 19.1 Å². The average molecular weight is 376 g/mol. The van der Waals surface area contributed by atoms with E-state index in [2.05, 4.69) is 15.4 Å². The van der Waals surface area contributed by atoms with E-state index in [1.807, 2.05) is 20.1 Å². The molecule has 0 saturated carbocycles. The molecular formula is C18H24N4O3S. The number of aromatic carboxylic acids is 1. The van der Waals surface area contributed by atoms with E-state index in [9.17, 15) is 14.7 Å². The molecule has 0 aliphatic heterocycles. The number of nitrogens with zero attached hydrogens (tertiary/aromatic N) is 3. The number of thioether (sulfide) groups is 1. The van der Waals surface area contributed by atoms with Crippen molar-refractivity contribution < 1.29 is 14.7 Å². The van der Waals surface area contributed by atoms with Crippen LogP contribution >= 0.6 is 11.8 Å². The van der Waals surface area contributed by atoms with Crippen molar-refractivity contribution in [3.63, 3.8) is 0 Å². The molecule has 0 saturated heterocycles. The molecule has 0 radical (unpaired) electrons. The minimum Gasteiger partial charge on any atom is -0.478 e. The second-order valence-electron chi connectivity index (χ2n) is 6.29. The van der Waals surface area contributed by atoms with E-state index in [0.717, 1.165) is 5.75 Å². The Morgan fingerprint density at radius 3 is 2.58 bits per heavy atom. The van der Waals surface area contributed by atoms with Crippen molar-refractivity contribution in [1.82, 2.24) is 20.1 Å². The summed E-state index contributed by atoms with van der Waals surface area (Å²) in [5.74, 6) is 0.887. The van der Waals surface area contributed by atoms with Crippen molar-refractivity contribution in [3.05, 3.63) is 41.5 Å². The lowest BCUT2D eigenvalue weighted by atomic mass is 10.0. The van der Waals surface area contributed by atoms with E-state index in [1.54, 1.807) is 34.6 Å². The van der Waals surface area contributed by atoms with Crippen LogP contribution in [-0.4, -0.2) is 43.8 Å². The number of aryl methyl sites for hydroxylation is 1. The molecule has 0 aliphatic carbocycles. The van der Waals surface area contributed by atoms with Crippen molar-refractivity contribution in [1.29, 1.82) is 0 Å². The van der Waals surface area contributed by atoms with Crippen LogP contribution in [0.25, 0.3) is 5.69 Å². The smallest absolute Gasteiger partial charge is 0.337 e. The highest BCUT2D eigenvalue weighted by Gasteiger charge is 2.26. The molecule has 26 heavy (non-hydrogen) atoms. The number of aromatic nitrogens is 3. The first-order valence-electron chi connectivity index (χ1n) is 8.39. The molecule has 1 heterocycles. The monoisotopic (exact) mass is 376 g/mol. The first-order valence-corrected chi connectivity index (χ1v) is 9.79. The number of amides is 1. The highest BCUT2D eigenvalue weighted by atomic mass is 32.2. The van der Waals surface area contributed by atoms with E-state index < -0.39 is 5.97 Å². The molecule has 1 aromatic heterocycles. The summed E-state index contributed by atoms with van der Waals surface area (Å²) in [5, 5.41) is 17.0. The normalized spacial score (nSPS) is 12.2. The fourth-order valence-corrected chi connectivity index (χ4v) is 3.02. The minimum absolute atomic E-state index is 0.0623. The Bertz CT molecular complexity index is 788. The van der Waals surface area contributed by atoms with E-state index in [4.69, 9.17) is 0 Å². The lowest BCUT2D eigenvalue weighted by Crippen LogP contribution is -2.32. The summed E-state index contributed by atoms with van der Waals surface area (Å²) < 4.78 is 1.56. The summed E-state index contributed by atoms with van der Waals surface area (Å²) in [5.41, 5.74) is 0.578. The fourth-order valence-electron chi connectivity index (χ4n) is 2.63.